The van der Waals surface area contributed by atoms with Gasteiger partial charge in [-0.2, -0.15) is 0 Å². The second kappa shape index (κ2) is 9.52. The molecule has 1 fully saturated rings. The molecule has 9 heteroatoms. The third-order valence-corrected chi connectivity index (χ3v) is 6.45. The number of fused-ring (bicyclic) bond motifs is 1. The normalized spacial score (nSPS) is 19.7. The molecule has 178 valence electrons. The lowest BCUT2D eigenvalue weighted by atomic mass is 9.83. The van der Waals surface area contributed by atoms with E-state index >= 15 is 0 Å². The smallest absolute Gasteiger partial charge is 0.422 e. The van der Waals surface area contributed by atoms with E-state index in [2.05, 4.69) is 26.1 Å². The predicted molar refractivity (Wildman–Crippen MR) is 125 cm³/mol. The van der Waals surface area contributed by atoms with E-state index in [0.717, 1.165) is 61.3 Å². The molecule has 2 heterocycles. The molecule has 1 atom stereocenters. The van der Waals surface area contributed by atoms with Crippen molar-refractivity contribution in [3.05, 3.63) is 57.9 Å². The van der Waals surface area contributed by atoms with Crippen molar-refractivity contribution in [1.82, 2.24) is 26.1 Å². The number of rotatable bonds is 5. The van der Waals surface area contributed by atoms with Gasteiger partial charge in [-0.05, 0) is 94.4 Å². The molecular formula is C24H31ClFN5O2. The number of nitrogens with zero attached hydrogens (tertiary/aromatic N) is 2. The first-order valence-electron chi connectivity index (χ1n) is 11.4. The third-order valence-electron chi connectivity index (χ3n) is 6.28. The zero-order valence-corrected chi connectivity index (χ0v) is 20.1. The van der Waals surface area contributed by atoms with Crippen molar-refractivity contribution in [1.29, 1.82) is 0 Å². The number of ether oxygens (including phenoxy) is 1. The van der Waals surface area contributed by atoms with Crippen LogP contribution in [0.15, 0.2) is 24.3 Å². The van der Waals surface area contributed by atoms with Crippen LogP contribution in [0.4, 0.5) is 9.18 Å². The van der Waals surface area contributed by atoms with Crippen LogP contribution in [0.5, 0.6) is 0 Å². The number of carbonyl (C=O) groups is 1. The van der Waals surface area contributed by atoms with Crippen molar-refractivity contribution in [3.63, 3.8) is 0 Å². The molecule has 0 spiro atoms. The molecular weight excluding hydrogens is 445 g/mol. The van der Waals surface area contributed by atoms with Crippen LogP contribution in [0.2, 0.25) is 5.28 Å². The number of benzene rings is 1. The number of amides is 1. The van der Waals surface area contributed by atoms with E-state index in [1.54, 1.807) is 0 Å². The van der Waals surface area contributed by atoms with Gasteiger partial charge in [0.15, 0.2) is 0 Å². The van der Waals surface area contributed by atoms with E-state index in [9.17, 15) is 9.18 Å². The monoisotopic (exact) mass is 475 g/mol. The highest BCUT2D eigenvalue weighted by Crippen LogP contribution is 2.39. The molecule has 1 aromatic heterocycles. The summed E-state index contributed by atoms with van der Waals surface area (Å²) in [6.07, 6.45) is 3.41. The molecule has 0 saturated carbocycles. The summed E-state index contributed by atoms with van der Waals surface area (Å²) in [5.41, 5.74) is 8.97. The average molecular weight is 476 g/mol. The van der Waals surface area contributed by atoms with Crippen molar-refractivity contribution < 1.29 is 13.9 Å². The minimum atomic E-state index is -0.580. The molecule has 2 aliphatic rings. The van der Waals surface area contributed by atoms with E-state index in [0.29, 0.717) is 6.42 Å². The van der Waals surface area contributed by atoms with Crippen LogP contribution in [0, 0.1) is 5.82 Å². The molecule has 1 aromatic carbocycles. The number of hydrazine groups is 1. The highest BCUT2D eigenvalue weighted by molar-refractivity contribution is 6.28. The minimum Gasteiger partial charge on any atom is -0.443 e. The molecule has 33 heavy (non-hydrogen) atoms. The molecule has 1 amide bonds. The third kappa shape index (κ3) is 5.80. The molecule has 0 radical (unpaired) electrons. The van der Waals surface area contributed by atoms with Crippen LogP contribution in [0.3, 0.4) is 0 Å². The topological polar surface area (TPSA) is 88.2 Å². The maximum atomic E-state index is 13.4. The highest BCUT2D eigenvalue weighted by atomic mass is 35.5. The zero-order chi connectivity index (χ0) is 23.6. The first-order valence-corrected chi connectivity index (χ1v) is 11.8. The van der Waals surface area contributed by atoms with E-state index in [1.165, 1.54) is 12.1 Å². The van der Waals surface area contributed by atoms with E-state index < -0.39 is 11.7 Å². The Kier molecular flexibility index (Phi) is 6.88. The van der Waals surface area contributed by atoms with E-state index in [1.807, 2.05) is 32.9 Å². The van der Waals surface area contributed by atoms with Gasteiger partial charge in [0.1, 0.15) is 11.4 Å². The predicted octanol–water partition coefficient (Wildman–Crippen LogP) is 4.04. The fourth-order valence-corrected chi connectivity index (χ4v) is 4.92. The highest BCUT2D eigenvalue weighted by Gasteiger charge is 2.37. The van der Waals surface area contributed by atoms with Gasteiger partial charge in [-0.3, -0.25) is 5.43 Å². The van der Waals surface area contributed by atoms with Gasteiger partial charge in [-0.15, -0.1) is 0 Å². The lowest BCUT2D eigenvalue weighted by molar-refractivity contribution is 0.0447. The van der Waals surface area contributed by atoms with Gasteiger partial charge >= 0.3 is 6.09 Å². The number of halogens is 2. The Balaban J connectivity index is 1.58. The summed E-state index contributed by atoms with van der Waals surface area (Å²) in [5.74, 6) is -0.188. The summed E-state index contributed by atoms with van der Waals surface area (Å²) in [6.45, 7) is 7.13. The first kappa shape index (κ1) is 23.9. The largest absolute Gasteiger partial charge is 0.443 e. The van der Waals surface area contributed by atoms with Gasteiger partial charge in [0.2, 0.25) is 5.28 Å². The number of hydrogen-bond donors (Lipinski definition) is 3. The summed E-state index contributed by atoms with van der Waals surface area (Å²) >= 11 is 6.37. The molecule has 1 aliphatic heterocycles. The Labute approximate surface area is 198 Å². The van der Waals surface area contributed by atoms with Gasteiger partial charge in [0, 0.05) is 17.9 Å². The second-order valence-electron chi connectivity index (χ2n) is 9.90. The number of nitrogens with one attached hydrogen (secondary N) is 3. The Hall–Kier alpha value is -2.29. The molecule has 1 aliphatic carbocycles. The van der Waals surface area contributed by atoms with Crippen molar-refractivity contribution in [2.24, 2.45) is 0 Å². The first-order chi connectivity index (χ1) is 15.6. The molecule has 7 nitrogen and oxygen atoms in total. The molecule has 2 aromatic rings. The van der Waals surface area contributed by atoms with Gasteiger partial charge in [-0.1, -0.05) is 12.1 Å². The van der Waals surface area contributed by atoms with Gasteiger partial charge in [0.25, 0.3) is 0 Å². The van der Waals surface area contributed by atoms with Crippen LogP contribution in [-0.4, -0.2) is 40.3 Å². The van der Waals surface area contributed by atoms with Gasteiger partial charge in [-0.25, -0.2) is 24.6 Å². The van der Waals surface area contributed by atoms with E-state index in [-0.39, 0.29) is 22.6 Å². The van der Waals surface area contributed by atoms with Crippen LogP contribution < -0.4 is 16.2 Å². The zero-order valence-electron chi connectivity index (χ0n) is 19.3. The summed E-state index contributed by atoms with van der Waals surface area (Å²) in [5, 5.41) is 3.58. The van der Waals surface area contributed by atoms with Crippen molar-refractivity contribution in [3.8, 4) is 0 Å². The Morgan fingerprint density at radius 2 is 1.94 bits per heavy atom. The number of aromatic nitrogens is 2. The van der Waals surface area contributed by atoms with Crippen LogP contribution in [-0.2, 0) is 17.6 Å². The van der Waals surface area contributed by atoms with Crippen molar-refractivity contribution in [2.45, 2.75) is 69.9 Å². The van der Waals surface area contributed by atoms with Crippen LogP contribution in [0.1, 0.15) is 68.5 Å². The summed E-state index contributed by atoms with van der Waals surface area (Å²) < 4.78 is 18.8. The fourth-order valence-electron chi connectivity index (χ4n) is 4.73. The van der Waals surface area contributed by atoms with E-state index in [4.69, 9.17) is 16.3 Å². The average Bonchev–Trinajstić information content (AvgIpc) is 3.16. The molecule has 4 rings (SSSR count). The Bertz CT molecular complexity index is 1000. The van der Waals surface area contributed by atoms with Crippen molar-refractivity contribution in [2.75, 3.05) is 13.1 Å². The number of carbonyl (C=O) groups excluding carboxylic acids is 1. The summed E-state index contributed by atoms with van der Waals surface area (Å²) in [6, 6.07) is 6.58. The quantitative estimate of drug-likeness (QED) is 0.447. The molecule has 3 N–H and O–H groups in total. The maximum absolute atomic E-state index is 13.4. The fraction of sp³-hybridized carbons (Fsp3) is 0.542. The standard InChI is InChI=1S/C24H31ClFN5O2/c1-23(2,3)33-22(32)30-31-24(10-12-27-13-11-24)14-19-18-9-8-17(20(18)29-21(25)28-19)15-4-6-16(26)7-5-15/h4-7,17,27,31H,8-14H2,1-3H3,(H,30,32). The second-order valence-corrected chi connectivity index (χ2v) is 10.2. The SMILES string of the molecule is CC(C)(C)OC(=O)NNC1(Cc2nc(Cl)nc3c2CCC3c2ccc(F)cc2)CCNCC1. The molecule has 1 saturated heterocycles. The molecule has 0 bridgehead atoms. The van der Waals surface area contributed by atoms with Crippen molar-refractivity contribution >= 4 is 17.7 Å². The number of piperidine rings is 1. The van der Waals surface area contributed by atoms with Gasteiger partial charge in [0.05, 0.1) is 11.4 Å². The summed E-state index contributed by atoms with van der Waals surface area (Å²) in [7, 11) is 0. The Morgan fingerprint density at radius 3 is 2.61 bits per heavy atom. The Morgan fingerprint density at radius 1 is 1.24 bits per heavy atom. The minimum absolute atomic E-state index is 0.0664. The summed E-state index contributed by atoms with van der Waals surface area (Å²) in [4.78, 5) is 21.4. The van der Waals surface area contributed by atoms with Gasteiger partial charge < -0.3 is 10.1 Å². The number of hydrogen-bond acceptors (Lipinski definition) is 6. The lowest BCUT2D eigenvalue weighted by Crippen LogP contribution is -2.60. The molecule has 1 unspecified atom stereocenters. The maximum Gasteiger partial charge on any atom is 0.422 e. The lowest BCUT2D eigenvalue weighted by Gasteiger charge is -2.39. The van der Waals surface area contributed by atoms with Crippen LogP contribution in [0.25, 0.3) is 0 Å². The van der Waals surface area contributed by atoms with Crippen LogP contribution >= 0.6 is 11.6 Å².